The van der Waals surface area contributed by atoms with E-state index in [9.17, 15) is 9.90 Å². The molecule has 0 fully saturated rings. The van der Waals surface area contributed by atoms with Crippen LogP contribution in [0.5, 0.6) is 0 Å². The molecule has 5 heteroatoms. The van der Waals surface area contributed by atoms with Crippen LogP contribution in [0, 0.1) is 6.92 Å². The Balaban J connectivity index is 1.81. The highest BCUT2D eigenvalue weighted by atomic mass is 16.4. The lowest BCUT2D eigenvalue weighted by atomic mass is 10.2. The zero-order valence-electron chi connectivity index (χ0n) is 13.4. The first-order valence-electron chi connectivity index (χ1n) is 7.74. The number of hydrogen-bond acceptors (Lipinski definition) is 4. The fourth-order valence-corrected chi connectivity index (χ4v) is 2.51. The second-order valence-corrected chi connectivity index (χ2v) is 5.61. The summed E-state index contributed by atoms with van der Waals surface area (Å²) in [4.78, 5) is 14.3. The molecule has 0 saturated carbocycles. The zero-order valence-corrected chi connectivity index (χ0v) is 13.4. The molecule has 3 rings (SSSR count). The van der Waals surface area contributed by atoms with E-state index in [1.165, 1.54) is 6.26 Å². The van der Waals surface area contributed by atoms with Crippen LogP contribution in [-0.2, 0) is 6.54 Å². The molecule has 1 amide bonds. The van der Waals surface area contributed by atoms with Gasteiger partial charge >= 0.3 is 0 Å². The second-order valence-electron chi connectivity index (χ2n) is 5.61. The van der Waals surface area contributed by atoms with Gasteiger partial charge in [-0.25, -0.2) is 0 Å². The first-order chi connectivity index (χ1) is 11.6. The molecule has 0 saturated heterocycles. The Morgan fingerprint density at radius 1 is 1.12 bits per heavy atom. The number of aliphatic hydroxyl groups is 1. The predicted molar refractivity (Wildman–Crippen MR) is 88.3 cm³/mol. The average Bonchev–Trinajstić information content (AvgIpc) is 3.26. The molecule has 24 heavy (non-hydrogen) atoms. The van der Waals surface area contributed by atoms with E-state index >= 15 is 0 Å². The number of furan rings is 2. The monoisotopic (exact) mass is 325 g/mol. The van der Waals surface area contributed by atoms with E-state index in [0.717, 1.165) is 5.56 Å². The van der Waals surface area contributed by atoms with Crippen LogP contribution in [0.1, 0.15) is 33.7 Å². The van der Waals surface area contributed by atoms with Crippen LogP contribution in [-0.4, -0.2) is 22.5 Å². The van der Waals surface area contributed by atoms with Crippen molar-refractivity contribution in [2.45, 2.75) is 19.6 Å². The van der Waals surface area contributed by atoms with Crippen LogP contribution in [0.4, 0.5) is 0 Å². The van der Waals surface area contributed by atoms with Crippen LogP contribution in [0.25, 0.3) is 0 Å². The number of nitrogens with zero attached hydrogens (tertiary/aromatic N) is 1. The third-order valence-corrected chi connectivity index (χ3v) is 3.72. The standard InChI is InChI=1S/C19H19NO4/c1-14-9-10-18(24-14)19(22)20(12-15-6-3-2-4-7-15)13-16(21)17-8-5-11-23-17/h2-11,16,21H,12-13H2,1H3/t16-/m1/s1. The highest BCUT2D eigenvalue weighted by Crippen LogP contribution is 2.19. The number of aryl methyl sites for hydroxylation is 1. The fourth-order valence-electron chi connectivity index (χ4n) is 2.51. The first-order valence-corrected chi connectivity index (χ1v) is 7.74. The van der Waals surface area contributed by atoms with Gasteiger partial charge in [-0.3, -0.25) is 4.79 Å². The Morgan fingerprint density at radius 2 is 1.92 bits per heavy atom. The van der Waals surface area contributed by atoms with Crippen LogP contribution in [0.15, 0.2) is 69.7 Å². The predicted octanol–water partition coefficient (Wildman–Crippen LogP) is 3.56. The van der Waals surface area contributed by atoms with Crippen LogP contribution in [0.2, 0.25) is 0 Å². The highest BCUT2D eigenvalue weighted by molar-refractivity contribution is 5.91. The largest absolute Gasteiger partial charge is 0.467 e. The van der Waals surface area contributed by atoms with Crippen LogP contribution >= 0.6 is 0 Å². The van der Waals surface area contributed by atoms with E-state index in [-0.39, 0.29) is 18.2 Å². The van der Waals surface area contributed by atoms with Crippen molar-refractivity contribution >= 4 is 5.91 Å². The summed E-state index contributed by atoms with van der Waals surface area (Å²) in [5.41, 5.74) is 0.973. The summed E-state index contributed by atoms with van der Waals surface area (Å²) in [5, 5.41) is 10.3. The number of amides is 1. The Morgan fingerprint density at radius 3 is 2.54 bits per heavy atom. The van der Waals surface area contributed by atoms with Crippen molar-refractivity contribution in [3.63, 3.8) is 0 Å². The molecule has 0 spiro atoms. The summed E-state index contributed by atoms with van der Waals surface area (Å²) < 4.78 is 10.7. The molecule has 0 radical (unpaired) electrons. The van der Waals surface area contributed by atoms with Crippen molar-refractivity contribution in [2.75, 3.05) is 6.54 Å². The maximum Gasteiger partial charge on any atom is 0.289 e. The minimum atomic E-state index is -0.899. The van der Waals surface area contributed by atoms with Crippen LogP contribution < -0.4 is 0 Å². The zero-order chi connectivity index (χ0) is 16.9. The van der Waals surface area contributed by atoms with Crippen molar-refractivity contribution in [3.05, 3.63) is 83.7 Å². The summed E-state index contributed by atoms with van der Waals surface area (Å²) in [6, 6.07) is 16.4. The van der Waals surface area contributed by atoms with Gasteiger partial charge in [0.15, 0.2) is 5.76 Å². The number of benzene rings is 1. The van der Waals surface area contributed by atoms with E-state index in [4.69, 9.17) is 8.83 Å². The van der Waals surface area contributed by atoms with Crippen molar-refractivity contribution in [1.29, 1.82) is 0 Å². The summed E-state index contributed by atoms with van der Waals surface area (Å²) in [5.74, 6) is 1.09. The Labute approximate surface area is 140 Å². The molecule has 0 aliphatic heterocycles. The molecule has 1 aromatic carbocycles. The molecule has 0 unspecified atom stereocenters. The average molecular weight is 325 g/mol. The smallest absolute Gasteiger partial charge is 0.289 e. The fraction of sp³-hybridized carbons (Fsp3) is 0.211. The summed E-state index contributed by atoms with van der Waals surface area (Å²) in [6.07, 6.45) is 0.598. The molecular weight excluding hydrogens is 306 g/mol. The minimum Gasteiger partial charge on any atom is -0.467 e. The van der Waals surface area contributed by atoms with E-state index in [0.29, 0.717) is 18.1 Å². The van der Waals surface area contributed by atoms with Gasteiger partial charge in [-0.05, 0) is 36.8 Å². The van der Waals surface area contributed by atoms with Gasteiger partial charge in [0.05, 0.1) is 12.8 Å². The third-order valence-electron chi connectivity index (χ3n) is 3.72. The van der Waals surface area contributed by atoms with Crippen molar-refractivity contribution in [1.82, 2.24) is 4.90 Å². The molecule has 0 aliphatic rings. The SMILES string of the molecule is Cc1ccc(C(=O)N(Cc2ccccc2)C[C@@H](O)c2ccco2)o1. The number of rotatable bonds is 6. The van der Waals surface area contributed by atoms with Gasteiger partial charge in [0, 0.05) is 6.54 Å². The third kappa shape index (κ3) is 3.75. The topological polar surface area (TPSA) is 66.8 Å². The van der Waals surface area contributed by atoms with Gasteiger partial charge in [0.2, 0.25) is 0 Å². The lowest BCUT2D eigenvalue weighted by Gasteiger charge is -2.24. The van der Waals surface area contributed by atoms with Crippen molar-refractivity contribution in [2.24, 2.45) is 0 Å². The van der Waals surface area contributed by atoms with Gasteiger partial charge in [-0.15, -0.1) is 0 Å². The lowest BCUT2D eigenvalue weighted by Crippen LogP contribution is -2.34. The van der Waals surface area contributed by atoms with Gasteiger partial charge in [0.25, 0.3) is 5.91 Å². The van der Waals surface area contributed by atoms with Gasteiger partial charge in [-0.1, -0.05) is 30.3 Å². The Bertz CT molecular complexity index is 777. The van der Waals surface area contributed by atoms with Gasteiger partial charge in [0.1, 0.15) is 17.6 Å². The molecular formula is C19H19NO4. The van der Waals surface area contributed by atoms with Gasteiger partial charge < -0.3 is 18.8 Å². The van der Waals surface area contributed by atoms with E-state index < -0.39 is 6.10 Å². The highest BCUT2D eigenvalue weighted by Gasteiger charge is 2.23. The Hall–Kier alpha value is -2.79. The first kappa shape index (κ1) is 16.1. The maximum atomic E-state index is 12.8. The molecule has 1 N–H and O–H groups in total. The molecule has 3 aromatic rings. The number of carbonyl (C=O) groups excluding carboxylic acids is 1. The molecule has 0 bridgehead atoms. The second kappa shape index (κ2) is 7.19. The van der Waals surface area contributed by atoms with Crippen molar-refractivity contribution in [3.8, 4) is 0 Å². The molecule has 2 aromatic heterocycles. The quantitative estimate of drug-likeness (QED) is 0.752. The van der Waals surface area contributed by atoms with Gasteiger partial charge in [-0.2, -0.15) is 0 Å². The molecule has 5 nitrogen and oxygen atoms in total. The molecule has 0 aliphatic carbocycles. The molecule has 1 atom stereocenters. The van der Waals surface area contributed by atoms with E-state index in [1.54, 1.807) is 36.1 Å². The summed E-state index contributed by atoms with van der Waals surface area (Å²) in [6.45, 7) is 2.27. The number of carbonyl (C=O) groups is 1. The number of aliphatic hydroxyl groups excluding tert-OH is 1. The van der Waals surface area contributed by atoms with E-state index in [1.807, 2.05) is 30.3 Å². The maximum absolute atomic E-state index is 12.8. The Kier molecular flexibility index (Phi) is 4.82. The molecule has 124 valence electrons. The normalized spacial score (nSPS) is 12.1. The minimum absolute atomic E-state index is 0.112. The number of hydrogen-bond donors (Lipinski definition) is 1. The summed E-state index contributed by atoms with van der Waals surface area (Å²) >= 11 is 0. The summed E-state index contributed by atoms with van der Waals surface area (Å²) in [7, 11) is 0. The van der Waals surface area contributed by atoms with Crippen molar-refractivity contribution < 1.29 is 18.7 Å². The van der Waals surface area contributed by atoms with E-state index in [2.05, 4.69) is 0 Å². The lowest BCUT2D eigenvalue weighted by molar-refractivity contribution is 0.0534. The van der Waals surface area contributed by atoms with Crippen LogP contribution in [0.3, 0.4) is 0 Å². The molecule has 2 heterocycles.